The van der Waals surface area contributed by atoms with Gasteiger partial charge in [0.2, 0.25) is 5.91 Å². The molecule has 1 amide bonds. The summed E-state index contributed by atoms with van der Waals surface area (Å²) < 4.78 is 0. The Kier molecular flexibility index (Phi) is 6.68. The normalized spacial score (nSPS) is 19.3. The first-order chi connectivity index (χ1) is 14.7. The zero-order valence-corrected chi connectivity index (χ0v) is 18.0. The van der Waals surface area contributed by atoms with Crippen LogP contribution in [0, 0.1) is 0 Å². The summed E-state index contributed by atoms with van der Waals surface area (Å²) in [5, 5.41) is 9.97. The van der Waals surface area contributed by atoms with Gasteiger partial charge >= 0.3 is 0 Å². The second kappa shape index (κ2) is 9.61. The summed E-state index contributed by atoms with van der Waals surface area (Å²) in [5.74, 6) is 0.0963. The molecule has 1 aliphatic rings. The van der Waals surface area contributed by atoms with Gasteiger partial charge in [0.25, 0.3) is 0 Å². The van der Waals surface area contributed by atoms with E-state index in [0.717, 1.165) is 30.1 Å². The van der Waals surface area contributed by atoms with Gasteiger partial charge in [-0.05, 0) is 41.3 Å². The quantitative estimate of drug-likeness (QED) is 0.595. The number of hydrogen-bond acceptors (Lipinski definition) is 3. The Labute approximate surface area is 183 Å². The largest absolute Gasteiger partial charge is 0.355 e. The average molecular weight is 422 g/mol. The maximum Gasteiger partial charge on any atom is 0.237 e. The lowest BCUT2D eigenvalue weighted by molar-refractivity contribution is -0.125. The van der Waals surface area contributed by atoms with Crippen LogP contribution in [0.3, 0.4) is 0 Å². The Morgan fingerprint density at radius 1 is 1.03 bits per heavy atom. The number of carbonyl (C=O) groups is 1. The van der Waals surface area contributed by atoms with Crippen molar-refractivity contribution in [1.29, 1.82) is 0 Å². The van der Waals surface area contributed by atoms with Gasteiger partial charge in [-0.15, -0.1) is 0 Å². The smallest absolute Gasteiger partial charge is 0.237 e. The number of benzene rings is 3. The first-order valence-electron chi connectivity index (χ1n) is 10.6. The number of likely N-dealkylation sites (N-methyl/N-ethyl adjacent to an activating group) is 1. The van der Waals surface area contributed by atoms with E-state index in [1.807, 2.05) is 31.2 Å². The molecule has 1 heterocycles. The van der Waals surface area contributed by atoms with Crippen molar-refractivity contribution in [1.82, 2.24) is 15.5 Å². The summed E-state index contributed by atoms with van der Waals surface area (Å²) in [5.41, 5.74) is 2.34. The molecule has 0 saturated carbocycles. The van der Waals surface area contributed by atoms with Crippen LogP contribution in [0.5, 0.6) is 0 Å². The van der Waals surface area contributed by atoms with Gasteiger partial charge < -0.3 is 10.6 Å². The molecular formula is C25H28ClN3O. The van der Waals surface area contributed by atoms with E-state index in [-0.39, 0.29) is 18.0 Å². The van der Waals surface area contributed by atoms with Crippen molar-refractivity contribution < 1.29 is 4.79 Å². The molecule has 0 radical (unpaired) electrons. The molecule has 30 heavy (non-hydrogen) atoms. The second-order valence-electron chi connectivity index (χ2n) is 7.88. The van der Waals surface area contributed by atoms with E-state index in [1.54, 1.807) is 0 Å². The summed E-state index contributed by atoms with van der Waals surface area (Å²) in [6.07, 6.45) is 0.793. The molecule has 0 unspecified atom stereocenters. The zero-order chi connectivity index (χ0) is 20.9. The van der Waals surface area contributed by atoms with Crippen LogP contribution in [0.15, 0.2) is 66.7 Å². The molecular weight excluding hydrogens is 394 g/mol. The number of halogens is 1. The Balaban J connectivity index is 1.47. The van der Waals surface area contributed by atoms with E-state index in [4.69, 9.17) is 11.6 Å². The third kappa shape index (κ3) is 4.67. The number of likely N-dealkylation sites (tertiary alicyclic amines) is 1. The van der Waals surface area contributed by atoms with Crippen LogP contribution in [-0.2, 0) is 17.9 Å². The maximum atomic E-state index is 12.7. The zero-order valence-electron chi connectivity index (χ0n) is 17.3. The highest BCUT2D eigenvalue weighted by atomic mass is 35.5. The minimum Gasteiger partial charge on any atom is -0.355 e. The van der Waals surface area contributed by atoms with Crippen LogP contribution < -0.4 is 10.6 Å². The molecule has 1 saturated heterocycles. The molecule has 4 rings (SSSR count). The van der Waals surface area contributed by atoms with Gasteiger partial charge in [0.15, 0.2) is 0 Å². The van der Waals surface area contributed by atoms with Gasteiger partial charge in [0, 0.05) is 37.2 Å². The van der Waals surface area contributed by atoms with E-state index < -0.39 is 0 Å². The Morgan fingerprint density at radius 2 is 1.77 bits per heavy atom. The van der Waals surface area contributed by atoms with Crippen molar-refractivity contribution in [2.45, 2.75) is 38.5 Å². The Morgan fingerprint density at radius 3 is 2.60 bits per heavy atom. The maximum absolute atomic E-state index is 12.7. The lowest BCUT2D eigenvalue weighted by Crippen LogP contribution is -2.42. The second-order valence-corrected chi connectivity index (χ2v) is 8.29. The van der Waals surface area contributed by atoms with Gasteiger partial charge in [0.05, 0.1) is 6.04 Å². The number of fused-ring (bicyclic) bond motifs is 1. The minimum absolute atomic E-state index is 0.0963. The highest BCUT2D eigenvalue weighted by molar-refractivity contribution is 6.31. The fourth-order valence-corrected chi connectivity index (χ4v) is 4.53. The molecule has 0 aliphatic carbocycles. The molecule has 1 fully saturated rings. The summed E-state index contributed by atoms with van der Waals surface area (Å²) in [6, 6.07) is 22.9. The van der Waals surface area contributed by atoms with Crippen LogP contribution in [0.2, 0.25) is 5.02 Å². The number of amides is 1. The average Bonchev–Trinajstić information content (AvgIpc) is 3.17. The fourth-order valence-electron chi connectivity index (χ4n) is 4.34. The predicted octanol–water partition coefficient (Wildman–Crippen LogP) is 4.36. The van der Waals surface area contributed by atoms with Gasteiger partial charge in [-0.3, -0.25) is 9.69 Å². The lowest BCUT2D eigenvalue weighted by Gasteiger charge is -2.23. The first-order valence-corrected chi connectivity index (χ1v) is 11.0. The standard InChI is InChI=1S/C25H28ClN3O/c1-2-27-25(30)24-14-21(17-29(24)16-20-9-4-6-13-23(20)26)28-15-19-11-7-10-18-8-3-5-12-22(18)19/h3-13,21,24,28H,2,14-17H2,1H3,(H,27,30)/t21-,24-/m0/s1. The van der Waals surface area contributed by atoms with Crippen molar-refractivity contribution in [2.75, 3.05) is 13.1 Å². The molecule has 2 N–H and O–H groups in total. The highest BCUT2D eigenvalue weighted by Crippen LogP contribution is 2.25. The summed E-state index contributed by atoms with van der Waals surface area (Å²) in [7, 11) is 0. The van der Waals surface area contributed by atoms with Crippen molar-refractivity contribution in [3.8, 4) is 0 Å². The van der Waals surface area contributed by atoms with Crippen molar-refractivity contribution >= 4 is 28.3 Å². The van der Waals surface area contributed by atoms with E-state index in [9.17, 15) is 4.79 Å². The molecule has 5 heteroatoms. The van der Waals surface area contributed by atoms with Crippen LogP contribution in [0.4, 0.5) is 0 Å². The van der Waals surface area contributed by atoms with Crippen LogP contribution in [0.25, 0.3) is 10.8 Å². The summed E-state index contributed by atoms with van der Waals surface area (Å²) in [4.78, 5) is 15.0. The molecule has 4 nitrogen and oxygen atoms in total. The predicted molar refractivity (Wildman–Crippen MR) is 124 cm³/mol. The number of nitrogens with zero attached hydrogens (tertiary/aromatic N) is 1. The van der Waals surface area contributed by atoms with Crippen LogP contribution >= 0.6 is 11.6 Å². The van der Waals surface area contributed by atoms with Crippen LogP contribution in [0.1, 0.15) is 24.5 Å². The van der Waals surface area contributed by atoms with E-state index in [2.05, 4.69) is 58.0 Å². The van der Waals surface area contributed by atoms with E-state index in [1.165, 1.54) is 16.3 Å². The third-order valence-electron chi connectivity index (χ3n) is 5.85. The first kappa shape index (κ1) is 20.9. The van der Waals surface area contributed by atoms with Crippen LogP contribution in [-0.4, -0.2) is 36.0 Å². The molecule has 156 valence electrons. The molecule has 3 aromatic rings. The Hall–Kier alpha value is -2.40. The molecule has 0 bridgehead atoms. The molecule has 3 aromatic carbocycles. The molecule has 1 aliphatic heterocycles. The van der Waals surface area contributed by atoms with E-state index in [0.29, 0.717) is 13.1 Å². The SMILES string of the molecule is CCNC(=O)[C@@H]1C[C@H](NCc2cccc3ccccc23)CN1Cc1ccccc1Cl. The molecule has 2 atom stereocenters. The number of rotatable bonds is 7. The van der Waals surface area contributed by atoms with E-state index >= 15 is 0 Å². The Bertz CT molecular complexity index is 1020. The topological polar surface area (TPSA) is 44.4 Å². The van der Waals surface area contributed by atoms with Crippen molar-refractivity contribution in [2.24, 2.45) is 0 Å². The number of hydrogen-bond donors (Lipinski definition) is 2. The monoisotopic (exact) mass is 421 g/mol. The van der Waals surface area contributed by atoms with Gasteiger partial charge in [-0.25, -0.2) is 0 Å². The molecule has 0 spiro atoms. The lowest BCUT2D eigenvalue weighted by atomic mass is 10.0. The highest BCUT2D eigenvalue weighted by Gasteiger charge is 2.36. The minimum atomic E-state index is -0.147. The summed E-state index contributed by atoms with van der Waals surface area (Å²) in [6.45, 7) is 4.88. The summed E-state index contributed by atoms with van der Waals surface area (Å²) >= 11 is 6.38. The number of carbonyl (C=O) groups excluding carboxylic acids is 1. The van der Waals surface area contributed by atoms with Gasteiger partial charge in [0.1, 0.15) is 0 Å². The number of nitrogens with one attached hydrogen (secondary N) is 2. The van der Waals surface area contributed by atoms with Crippen molar-refractivity contribution in [3.05, 3.63) is 82.9 Å². The van der Waals surface area contributed by atoms with Gasteiger partial charge in [-0.2, -0.15) is 0 Å². The molecule has 0 aromatic heterocycles. The fraction of sp³-hybridized carbons (Fsp3) is 0.320. The van der Waals surface area contributed by atoms with Gasteiger partial charge in [-0.1, -0.05) is 72.3 Å². The van der Waals surface area contributed by atoms with Crippen molar-refractivity contribution in [3.63, 3.8) is 0 Å². The third-order valence-corrected chi connectivity index (χ3v) is 6.22.